The van der Waals surface area contributed by atoms with E-state index in [9.17, 15) is 4.79 Å². The first-order valence-corrected chi connectivity index (χ1v) is 9.26. The minimum absolute atomic E-state index is 0.213. The fraction of sp³-hybridized carbons (Fsp3) is 0.316. The summed E-state index contributed by atoms with van der Waals surface area (Å²) < 4.78 is 5.41. The minimum Gasteiger partial charge on any atom is -0.454 e. The van der Waals surface area contributed by atoms with Gasteiger partial charge in [0.25, 0.3) is 0 Å². The molecule has 25 heavy (non-hydrogen) atoms. The van der Waals surface area contributed by atoms with Crippen molar-refractivity contribution < 1.29 is 9.53 Å². The van der Waals surface area contributed by atoms with E-state index >= 15 is 0 Å². The molecule has 0 bridgehead atoms. The molecule has 0 radical (unpaired) electrons. The first-order valence-electron chi connectivity index (χ1n) is 8.44. The third-order valence-corrected chi connectivity index (χ3v) is 5.52. The predicted octanol–water partition coefficient (Wildman–Crippen LogP) is 4.02. The quantitative estimate of drug-likeness (QED) is 0.720. The largest absolute Gasteiger partial charge is 0.454 e. The summed E-state index contributed by atoms with van der Waals surface area (Å²) in [5.74, 6) is 0.306. The van der Waals surface area contributed by atoms with Gasteiger partial charge in [0.05, 0.1) is 11.4 Å². The number of benzene rings is 1. The molecule has 1 aromatic carbocycles. The highest BCUT2D eigenvalue weighted by atomic mass is 32.1. The van der Waals surface area contributed by atoms with Gasteiger partial charge in [0.1, 0.15) is 17.3 Å². The molecule has 1 unspecified atom stereocenters. The molecule has 1 aliphatic carbocycles. The lowest BCUT2D eigenvalue weighted by Gasteiger charge is -2.15. The van der Waals surface area contributed by atoms with Crippen molar-refractivity contribution in [1.82, 2.24) is 15.2 Å². The maximum absolute atomic E-state index is 12.2. The molecule has 2 aromatic heterocycles. The number of thiazole rings is 1. The first-order chi connectivity index (χ1) is 12.2. The van der Waals surface area contributed by atoms with E-state index in [1.807, 2.05) is 30.3 Å². The van der Waals surface area contributed by atoms with Crippen LogP contribution >= 0.6 is 11.3 Å². The summed E-state index contributed by atoms with van der Waals surface area (Å²) in [5.41, 5.74) is 3.22. The average molecular weight is 353 g/mol. The maximum Gasteiger partial charge on any atom is 0.356 e. The summed E-state index contributed by atoms with van der Waals surface area (Å²) in [7, 11) is 0. The van der Waals surface area contributed by atoms with E-state index in [0.29, 0.717) is 11.6 Å². The number of ether oxygens (including phenoxy) is 1. The molecular formula is C19H19N3O2S. The van der Waals surface area contributed by atoms with Crippen molar-refractivity contribution in [1.29, 1.82) is 0 Å². The Hall–Kier alpha value is -2.47. The van der Waals surface area contributed by atoms with Gasteiger partial charge in [-0.05, 0) is 31.2 Å². The molecule has 0 aliphatic heterocycles. The number of hydrogen-bond donors (Lipinski definition) is 1. The van der Waals surface area contributed by atoms with Gasteiger partial charge >= 0.3 is 5.97 Å². The second-order valence-electron chi connectivity index (χ2n) is 6.43. The van der Waals surface area contributed by atoms with Crippen molar-refractivity contribution in [2.75, 3.05) is 0 Å². The first kappa shape index (κ1) is 16.0. The van der Waals surface area contributed by atoms with Gasteiger partial charge in [-0.2, -0.15) is 5.10 Å². The zero-order chi connectivity index (χ0) is 17.2. The fourth-order valence-electron chi connectivity index (χ4n) is 3.04. The highest BCUT2D eigenvalue weighted by Gasteiger charge is 2.20. The number of aromatic nitrogens is 3. The number of esters is 1. The molecule has 3 aromatic rings. The molecule has 0 fully saturated rings. The van der Waals surface area contributed by atoms with Gasteiger partial charge in [0.2, 0.25) is 0 Å². The molecule has 5 nitrogen and oxygen atoms in total. The number of hydrogen-bond acceptors (Lipinski definition) is 5. The van der Waals surface area contributed by atoms with Crippen LogP contribution in [-0.4, -0.2) is 21.2 Å². The Morgan fingerprint density at radius 3 is 3.04 bits per heavy atom. The Bertz CT molecular complexity index is 885. The van der Waals surface area contributed by atoms with Crippen molar-refractivity contribution in [2.24, 2.45) is 5.92 Å². The third-order valence-electron chi connectivity index (χ3n) is 4.42. The van der Waals surface area contributed by atoms with Gasteiger partial charge in [-0.15, -0.1) is 11.3 Å². The van der Waals surface area contributed by atoms with Crippen molar-refractivity contribution in [3.63, 3.8) is 0 Å². The van der Waals surface area contributed by atoms with Crippen molar-refractivity contribution in [3.05, 3.63) is 57.7 Å². The SMILES string of the molecule is CC1CCc2nc(COC(=O)c3cc(-c4ccccc4)n[nH]3)sc2C1. The van der Waals surface area contributed by atoms with Crippen molar-refractivity contribution >= 4 is 17.3 Å². The number of aryl methyl sites for hydroxylation is 1. The number of carbonyl (C=O) groups is 1. The number of nitrogens with one attached hydrogen (secondary N) is 1. The van der Waals surface area contributed by atoms with E-state index in [4.69, 9.17) is 4.74 Å². The summed E-state index contributed by atoms with van der Waals surface area (Å²) in [5, 5.41) is 7.81. The fourth-order valence-corrected chi connectivity index (χ4v) is 4.23. The molecular weight excluding hydrogens is 334 g/mol. The highest BCUT2D eigenvalue weighted by molar-refractivity contribution is 7.11. The summed E-state index contributed by atoms with van der Waals surface area (Å²) in [6.45, 7) is 2.48. The Labute approximate surface area is 150 Å². The number of fused-ring (bicyclic) bond motifs is 1. The van der Waals surface area contributed by atoms with Gasteiger partial charge in [-0.3, -0.25) is 5.10 Å². The number of aromatic amines is 1. The van der Waals surface area contributed by atoms with Gasteiger partial charge < -0.3 is 4.74 Å². The minimum atomic E-state index is -0.406. The van der Waals surface area contributed by atoms with Gasteiger partial charge in [-0.1, -0.05) is 37.3 Å². The zero-order valence-electron chi connectivity index (χ0n) is 14.0. The van der Waals surface area contributed by atoms with Crippen molar-refractivity contribution in [3.8, 4) is 11.3 Å². The summed E-state index contributed by atoms with van der Waals surface area (Å²) in [4.78, 5) is 18.2. The Morgan fingerprint density at radius 1 is 1.36 bits per heavy atom. The van der Waals surface area contributed by atoms with Crippen LogP contribution in [0.15, 0.2) is 36.4 Å². The van der Waals surface area contributed by atoms with Crippen LogP contribution in [0.2, 0.25) is 0 Å². The number of carbonyl (C=O) groups excluding carboxylic acids is 1. The van der Waals surface area contributed by atoms with Crippen molar-refractivity contribution in [2.45, 2.75) is 32.8 Å². The molecule has 1 aliphatic rings. The normalized spacial score (nSPS) is 16.4. The van der Waals surface area contributed by atoms with Gasteiger partial charge in [0.15, 0.2) is 0 Å². The monoisotopic (exact) mass is 353 g/mol. The van der Waals surface area contributed by atoms with E-state index in [1.165, 1.54) is 17.0 Å². The lowest BCUT2D eigenvalue weighted by molar-refractivity contribution is 0.0465. The molecule has 0 saturated heterocycles. The molecule has 1 N–H and O–H groups in total. The van der Waals surface area contributed by atoms with Crippen LogP contribution in [-0.2, 0) is 24.2 Å². The van der Waals surface area contributed by atoms with Crippen LogP contribution in [0, 0.1) is 5.92 Å². The van der Waals surface area contributed by atoms with Crippen LogP contribution in [0.5, 0.6) is 0 Å². The molecule has 0 amide bonds. The Morgan fingerprint density at radius 2 is 2.20 bits per heavy atom. The second kappa shape index (κ2) is 6.80. The topological polar surface area (TPSA) is 67.9 Å². The maximum atomic E-state index is 12.2. The zero-order valence-corrected chi connectivity index (χ0v) is 14.8. The lowest BCUT2D eigenvalue weighted by atomic mass is 9.93. The van der Waals surface area contributed by atoms with E-state index in [1.54, 1.807) is 17.4 Å². The summed E-state index contributed by atoms with van der Waals surface area (Å²) >= 11 is 1.66. The smallest absolute Gasteiger partial charge is 0.356 e. The summed E-state index contributed by atoms with van der Waals surface area (Å²) in [6, 6.07) is 11.4. The van der Waals surface area contributed by atoms with Crippen LogP contribution in [0.4, 0.5) is 0 Å². The van der Waals surface area contributed by atoms with Crippen LogP contribution in [0.3, 0.4) is 0 Å². The average Bonchev–Trinajstić information content (AvgIpc) is 3.27. The highest BCUT2D eigenvalue weighted by Crippen LogP contribution is 2.30. The second-order valence-corrected chi connectivity index (χ2v) is 7.60. The molecule has 2 heterocycles. The third kappa shape index (κ3) is 3.49. The van der Waals surface area contributed by atoms with E-state index < -0.39 is 5.97 Å². The van der Waals surface area contributed by atoms with E-state index in [-0.39, 0.29) is 6.61 Å². The number of nitrogens with zero attached hydrogens (tertiary/aromatic N) is 2. The van der Waals surface area contributed by atoms with Gasteiger partial charge in [0, 0.05) is 10.4 Å². The molecule has 128 valence electrons. The van der Waals surface area contributed by atoms with Crippen LogP contribution in [0.25, 0.3) is 11.3 Å². The number of rotatable bonds is 4. The van der Waals surface area contributed by atoms with E-state index in [2.05, 4.69) is 22.1 Å². The number of H-pyrrole nitrogens is 1. The Kier molecular flexibility index (Phi) is 4.36. The lowest BCUT2D eigenvalue weighted by Crippen LogP contribution is -2.09. The molecule has 0 spiro atoms. The van der Waals surface area contributed by atoms with Gasteiger partial charge in [-0.25, -0.2) is 9.78 Å². The van der Waals surface area contributed by atoms with Crippen LogP contribution in [0.1, 0.15) is 39.4 Å². The molecule has 0 saturated carbocycles. The Balaban J connectivity index is 1.41. The van der Waals surface area contributed by atoms with Crippen LogP contribution < -0.4 is 0 Å². The summed E-state index contributed by atoms with van der Waals surface area (Å²) in [6.07, 6.45) is 3.30. The molecule has 4 rings (SSSR count). The molecule has 6 heteroatoms. The predicted molar refractivity (Wildman–Crippen MR) is 96.4 cm³/mol. The van der Waals surface area contributed by atoms with E-state index in [0.717, 1.165) is 29.1 Å². The molecule has 1 atom stereocenters. The standard InChI is InChI=1S/C19H19N3O2S/c1-12-7-8-14-17(9-12)25-18(20-14)11-24-19(23)16-10-15(21-22-16)13-5-3-2-4-6-13/h2-6,10,12H,7-9,11H2,1H3,(H,21,22).